The standard InChI is InChI=1S/C15H20BrF3N2/c1-20-8-7-12-4-2-3-9-21(12)14-10-11(16)5-6-13(14)15(17,18)19/h5-6,10,12,20H,2-4,7-9H2,1H3. The van der Waals surface area contributed by atoms with Gasteiger partial charge < -0.3 is 10.2 Å². The van der Waals surface area contributed by atoms with Crippen molar-refractivity contribution in [3.63, 3.8) is 0 Å². The topological polar surface area (TPSA) is 15.3 Å². The van der Waals surface area contributed by atoms with Gasteiger partial charge in [0.05, 0.1) is 11.3 Å². The van der Waals surface area contributed by atoms with E-state index in [4.69, 9.17) is 0 Å². The van der Waals surface area contributed by atoms with Crippen molar-refractivity contribution >= 4 is 21.6 Å². The van der Waals surface area contributed by atoms with Gasteiger partial charge in [0.15, 0.2) is 0 Å². The quantitative estimate of drug-likeness (QED) is 0.849. The molecule has 0 bridgehead atoms. The van der Waals surface area contributed by atoms with Crippen LogP contribution in [0.2, 0.25) is 0 Å². The molecule has 2 rings (SSSR count). The van der Waals surface area contributed by atoms with Gasteiger partial charge in [0.25, 0.3) is 0 Å². The Morgan fingerprint density at radius 3 is 2.76 bits per heavy atom. The second-order valence-corrected chi connectivity index (χ2v) is 6.31. The molecule has 0 aromatic heterocycles. The molecule has 0 spiro atoms. The van der Waals surface area contributed by atoms with Gasteiger partial charge in [-0.25, -0.2) is 0 Å². The van der Waals surface area contributed by atoms with E-state index >= 15 is 0 Å². The van der Waals surface area contributed by atoms with Crippen LogP contribution in [0.4, 0.5) is 18.9 Å². The molecule has 21 heavy (non-hydrogen) atoms. The van der Waals surface area contributed by atoms with Gasteiger partial charge >= 0.3 is 6.18 Å². The fraction of sp³-hybridized carbons (Fsp3) is 0.600. The summed E-state index contributed by atoms with van der Waals surface area (Å²) in [6, 6.07) is 4.39. The Labute approximate surface area is 131 Å². The first kappa shape index (κ1) is 16.6. The fourth-order valence-electron chi connectivity index (χ4n) is 2.91. The van der Waals surface area contributed by atoms with Crippen molar-refractivity contribution < 1.29 is 13.2 Å². The second kappa shape index (κ2) is 7.01. The SMILES string of the molecule is CNCCC1CCCCN1c1cc(Br)ccc1C(F)(F)F. The summed E-state index contributed by atoms with van der Waals surface area (Å²) in [6.07, 6.45) is -0.479. The molecule has 1 unspecified atom stereocenters. The highest BCUT2D eigenvalue weighted by Crippen LogP contribution is 2.40. The molecule has 1 aromatic rings. The van der Waals surface area contributed by atoms with Gasteiger partial charge in [-0.3, -0.25) is 0 Å². The van der Waals surface area contributed by atoms with E-state index in [0.29, 0.717) is 16.7 Å². The van der Waals surface area contributed by atoms with Crippen molar-refractivity contribution in [1.82, 2.24) is 5.32 Å². The highest BCUT2D eigenvalue weighted by Gasteiger charge is 2.36. The predicted molar refractivity (Wildman–Crippen MR) is 82.7 cm³/mol. The summed E-state index contributed by atoms with van der Waals surface area (Å²) in [4.78, 5) is 1.94. The highest BCUT2D eigenvalue weighted by atomic mass is 79.9. The number of anilines is 1. The number of benzene rings is 1. The normalized spacial score (nSPS) is 19.9. The maximum Gasteiger partial charge on any atom is 0.418 e. The molecule has 0 amide bonds. The Kier molecular flexibility index (Phi) is 5.54. The van der Waals surface area contributed by atoms with Crippen molar-refractivity contribution in [2.75, 3.05) is 25.0 Å². The van der Waals surface area contributed by atoms with Gasteiger partial charge in [-0.2, -0.15) is 13.2 Å². The van der Waals surface area contributed by atoms with Crippen LogP contribution in [0.5, 0.6) is 0 Å². The number of piperidine rings is 1. The average Bonchev–Trinajstić information content (AvgIpc) is 2.44. The summed E-state index contributed by atoms with van der Waals surface area (Å²) in [7, 11) is 1.87. The van der Waals surface area contributed by atoms with Gasteiger partial charge in [-0.05, 0) is 57.5 Å². The number of halogens is 4. The lowest BCUT2D eigenvalue weighted by atomic mass is 9.97. The Balaban J connectivity index is 2.35. The highest BCUT2D eigenvalue weighted by molar-refractivity contribution is 9.10. The minimum atomic E-state index is -4.32. The molecular formula is C15H20BrF3N2. The van der Waals surface area contributed by atoms with E-state index in [9.17, 15) is 13.2 Å². The molecule has 0 saturated carbocycles. The summed E-state index contributed by atoms with van der Waals surface area (Å²) in [5.41, 5.74) is -0.236. The molecule has 1 aromatic carbocycles. The first-order valence-electron chi connectivity index (χ1n) is 7.21. The molecule has 0 radical (unpaired) electrons. The molecule has 1 atom stereocenters. The molecule has 1 fully saturated rings. The lowest BCUT2D eigenvalue weighted by Gasteiger charge is -2.39. The Bertz CT molecular complexity index is 476. The third-order valence-corrected chi connectivity index (χ3v) is 4.42. The fourth-order valence-corrected chi connectivity index (χ4v) is 3.26. The molecule has 1 aliphatic rings. The Morgan fingerprint density at radius 1 is 1.33 bits per heavy atom. The van der Waals surface area contributed by atoms with Gasteiger partial charge in [0.1, 0.15) is 0 Å². The molecule has 118 valence electrons. The smallest absolute Gasteiger partial charge is 0.368 e. The molecule has 6 heteroatoms. The first-order chi connectivity index (χ1) is 9.93. The van der Waals surface area contributed by atoms with Gasteiger partial charge in [-0.1, -0.05) is 15.9 Å². The van der Waals surface area contributed by atoms with E-state index in [1.165, 1.54) is 12.1 Å². The molecule has 1 N–H and O–H groups in total. The van der Waals surface area contributed by atoms with Crippen LogP contribution >= 0.6 is 15.9 Å². The van der Waals surface area contributed by atoms with Crippen molar-refractivity contribution in [3.8, 4) is 0 Å². The zero-order valence-corrected chi connectivity index (χ0v) is 13.6. The lowest BCUT2D eigenvalue weighted by Crippen LogP contribution is -2.42. The number of alkyl halides is 3. The van der Waals surface area contributed by atoms with Crippen LogP contribution in [0.3, 0.4) is 0 Å². The molecular weight excluding hydrogens is 345 g/mol. The summed E-state index contributed by atoms with van der Waals surface area (Å²) in [5, 5.41) is 3.09. The minimum absolute atomic E-state index is 0.168. The number of nitrogens with one attached hydrogen (secondary N) is 1. The molecule has 2 nitrogen and oxygen atoms in total. The summed E-state index contributed by atoms with van der Waals surface area (Å²) >= 11 is 3.30. The lowest BCUT2D eigenvalue weighted by molar-refractivity contribution is -0.137. The number of hydrogen-bond donors (Lipinski definition) is 1. The maximum atomic E-state index is 13.3. The molecule has 0 aliphatic carbocycles. The Hall–Kier alpha value is -0.750. The number of rotatable bonds is 4. The monoisotopic (exact) mass is 364 g/mol. The first-order valence-corrected chi connectivity index (χ1v) is 8.01. The zero-order chi connectivity index (χ0) is 15.5. The van der Waals surface area contributed by atoms with Crippen molar-refractivity contribution in [3.05, 3.63) is 28.2 Å². The van der Waals surface area contributed by atoms with Gasteiger partial charge in [-0.15, -0.1) is 0 Å². The number of nitrogens with zero attached hydrogens (tertiary/aromatic N) is 1. The third-order valence-electron chi connectivity index (χ3n) is 3.93. The van der Waals surface area contributed by atoms with E-state index < -0.39 is 11.7 Å². The van der Waals surface area contributed by atoms with Crippen LogP contribution in [-0.2, 0) is 6.18 Å². The van der Waals surface area contributed by atoms with E-state index in [2.05, 4.69) is 21.2 Å². The third kappa shape index (κ3) is 4.13. The van der Waals surface area contributed by atoms with E-state index in [-0.39, 0.29) is 6.04 Å². The van der Waals surface area contributed by atoms with Crippen LogP contribution < -0.4 is 10.2 Å². The van der Waals surface area contributed by atoms with Gasteiger partial charge in [0.2, 0.25) is 0 Å². The van der Waals surface area contributed by atoms with Crippen molar-refractivity contribution in [2.45, 2.75) is 37.9 Å². The summed E-state index contributed by atoms with van der Waals surface area (Å²) in [5.74, 6) is 0. The molecule has 1 saturated heterocycles. The van der Waals surface area contributed by atoms with Crippen LogP contribution in [0.25, 0.3) is 0 Å². The van der Waals surface area contributed by atoms with Crippen molar-refractivity contribution in [1.29, 1.82) is 0 Å². The van der Waals surface area contributed by atoms with Crippen LogP contribution in [0, 0.1) is 0 Å². The zero-order valence-electron chi connectivity index (χ0n) is 12.0. The summed E-state index contributed by atoms with van der Waals surface area (Å²) in [6.45, 7) is 1.50. The van der Waals surface area contributed by atoms with E-state index in [1.807, 2.05) is 11.9 Å². The molecule has 1 aliphatic heterocycles. The van der Waals surface area contributed by atoms with Gasteiger partial charge in [0, 0.05) is 17.1 Å². The average molecular weight is 365 g/mol. The second-order valence-electron chi connectivity index (χ2n) is 5.39. The van der Waals surface area contributed by atoms with E-state index in [0.717, 1.165) is 32.2 Å². The van der Waals surface area contributed by atoms with E-state index in [1.54, 1.807) is 6.07 Å². The van der Waals surface area contributed by atoms with Crippen LogP contribution in [-0.4, -0.2) is 26.2 Å². The van der Waals surface area contributed by atoms with Crippen LogP contribution in [0.1, 0.15) is 31.2 Å². The van der Waals surface area contributed by atoms with Crippen LogP contribution in [0.15, 0.2) is 22.7 Å². The maximum absolute atomic E-state index is 13.3. The number of hydrogen-bond acceptors (Lipinski definition) is 2. The van der Waals surface area contributed by atoms with Crippen molar-refractivity contribution in [2.24, 2.45) is 0 Å². The Morgan fingerprint density at radius 2 is 2.10 bits per heavy atom. The minimum Gasteiger partial charge on any atom is -0.368 e. The largest absolute Gasteiger partial charge is 0.418 e. The predicted octanol–water partition coefficient (Wildman–Crippen LogP) is 4.44. The molecule has 1 heterocycles. The summed E-state index contributed by atoms with van der Waals surface area (Å²) < 4.78 is 40.5.